The topological polar surface area (TPSA) is 65.4 Å². The predicted molar refractivity (Wildman–Crippen MR) is 112 cm³/mol. The molecule has 30 heavy (non-hydrogen) atoms. The molecule has 6 heteroatoms. The monoisotopic (exact) mass is 407 g/mol. The van der Waals surface area contributed by atoms with Crippen molar-refractivity contribution in [2.75, 3.05) is 13.2 Å². The minimum Gasteiger partial charge on any atom is -0.488 e. The van der Waals surface area contributed by atoms with Crippen molar-refractivity contribution in [3.63, 3.8) is 0 Å². The van der Waals surface area contributed by atoms with Crippen molar-refractivity contribution in [2.45, 2.75) is 57.3 Å². The van der Waals surface area contributed by atoms with Crippen LogP contribution in [-0.4, -0.2) is 34.4 Å². The Morgan fingerprint density at radius 3 is 2.67 bits per heavy atom. The molecular weight excluding hydrogens is 378 g/mol. The molecule has 158 valence electrons. The molecule has 5 aliphatic rings. The number of hydrogen-bond acceptors (Lipinski definition) is 4. The third-order valence-corrected chi connectivity index (χ3v) is 7.55. The lowest BCUT2D eigenvalue weighted by Crippen LogP contribution is -2.52. The van der Waals surface area contributed by atoms with E-state index in [9.17, 15) is 4.79 Å². The summed E-state index contributed by atoms with van der Waals surface area (Å²) in [6.07, 6.45) is 9.75. The van der Waals surface area contributed by atoms with E-state index in [2.05, 4.69) is 10.4 Å². The summed E-state index contributed by atoms with van der Waals surface area (Å²) in [6, 6.07) is 7.91. The standard InChI is InChI=1S/C24H29N3O3/c28-22(14-27-23-19(13-26-27)15-29-21-4-2-1-3-20(21)23)25-5-6-30-24-10-16-7-17(11-24)9-18(8-16)12-24/h1-4,13,16-18H,5-12,14-15H2,(H,25,28). The normalized spacial score (nSPS) is 30.5. The molecule has 0 saturated heterocycles. The van der Waals surface area contributed by atoms with E-state index in [1.165, 1.54) is 38.5 Å². The van der Waals surface area contributed by atoms with Gasteiger partial charge in [-0.3, -0.25) is 9.48 Å². The quantitative estimate of drug-likeness (QED) is 0.744. The second-order valence-electron chi connectivity index (χ2n) is 9.76. The second-order valence-corrected chi connectivity index (χ2v) is 9.76. The van der Waals surface area contributed by atoms with Gasteiger partial charge in [0.05, 0.1) is 24.1 Å². The van der Waals surface area contributed by atoms with Crippen LogP contribution >= 0.6 is 0 Å². The molecule has 4 aliphatic carbocycles. The Hall–Kier alpha value is -2.34. The summed E-state index contributed by atoms with van der Waals surface area (Å²) in [4.78, 5) is 12.6. The number of ether oxygens (including phenoxy) is 2. The molecule has 0 spiro atoms. The highest BCUT2D eigenvalue weighted by molar-refractivity contribution is 5.78. The van der Waals surface area contributed by atoms with Crippen molar-refractivity contribution < 1.29 is 14.3 Å². The fraction of sp³-hybridized carbons (Fsp3) is 0.583. The van der Waals surface area contributed by atoms with Gasteiger partial charge in [-0.05, 0) is 68.4 Å². The minimum absolute atomic E-state index is 0.0287. The summed E-state index contributed by atoms with van der Waals surface area (Å²) >= 11 is 0. The Kier molecular flexibility index (Phi) is 4.37. The summed E-state index contributed by atoms with van der Waals surface area (Å²) in [6.45, 7) is 1.86. The summed E-state index contributed by atoms with van der Waals surface area (Å²) in [5.41, 5.74) is 3.10. The third-order valence-electron chi connectivity index (χ3n) is 7.55. The SMILES string of the molecule is O=C(Cn1ncc2c1-c1ccccc1OC2)NCCOC12CC3CC(CC(C3)C1)C2. The van der Waals surface area contributed by atoms with Crippen LogP contribution in [0.4, 0.5) is 0 Å². The number of nitrogens with zero attached hydrogens (tertiary/aromatic N) is 2. The molecule has 4 bridgehead atoms. The van der Waals surface area contributed by atoms with Gasteiger partial charge in [-0.15, -0.1) is 0 Å². The molecule has 1 aliphatic heterocycles. The molecule has 4 saturated carbocycles. The van der Waals surface area contributed by atoms with Crippen LogP contribution in [0.3, 0.4) is 0 Å². The highest BCUT2D eigenvalue weighted by atomic mass is 16.5. The third kappa shape index (κ3) is 3.22. The molecule has 1 amide bonds. The van der Waals surface area contributed by atoms with E-state index in [1.807, 2.05) is 24.3 Å². The highest BCUT2D eigenvalue weighted by Gasteiger charge is 2.51. The fourth-order valence-electron chi connectivity index (χ4n) is 6.76. The van der Waals surface area contributed by atoms with Crippen molar-refractivity contribution >= 4 is 5.91 Å². The lowest BCUT2D eigenvalue weighted by molar-refractivity contribution is -0.161. The zero-order valence-corrected chi connectivity index (χ0v) is 17.3. The van der Waals surface area contributed by atoms with Gasteiger partial charge >= 0.3 is 0 Å². The number of aromatic nitrogens is 2. The molecule has 6 nitrogen and oxygen atoms in total. The van der Waals surface area contributed by atoms with Crippen molar-refractivity contribution in [3.05, 3.63) is 36.0 Å². The first-order chi connectivity index (χ1) is 14.7. The van der Waals surface area contributed by atoms with Crippen LogP contribution in [0.15, 0.2) is 30.5 Å². The molecule has 0 atom stereocenters. The molecule has 1 aromatic heterocycles. The van der Waals surface area contributed by atoms with Crippen LogP contribution in [0, 0.1) is 17.8 Å². The first kappa shape index (κ1) is 18.4. The van der Waals surface area contributed by atoms with Gasteiger partial charge in [0.25, 0.3) is 0 Å². The van der Waals surface area contributed by atoms with Crippen LogP contribution in [0.25, 0.3) is 11.3 Å². The molecule has 0 unspecified atom stereocenters. The first-order valence-corrected chi connectivity index (χ1v) is 11.3. The number of para-hydroxylation sites is 1. The van der Waals surface area contributed by atoms with E-state index in [4.69, 9.17) is 9.47 Å². The van der Waals surface area contributed by atoms with Gasteiger partial charge in [0.15, 0.2) is 0 Å². The number of carbonyl (C=O) groups is 1. The smallest absolute Gasteiger partial charge is 0.241 e. The van der Waals surface area contributed by atoms with E-state index in [0.29, 0.717) is 19.8 Å². The summed E-state index contributed by atoms with van der Waals surface area (Å²) in [7, 11) is 0. The van der Waals surface area contributed by atoms with Crippen LogP contribution in [0.2, 0.25) is 0 Å². The Morgan fingerprint density at radius 2 is 1.90 bits per heavy atom. The van der Waals surface area contributed by atoms with Crippen molar-refractivity contribution in [1.82, 2.24) is 15.1 Å². The van der Waals surface area contributed by atoms with E-state index < -0.39 is 0 Å². The molecule has 7 rings (SSSR count). The van der Waals surface area contributed by atoms with E-state index in [1.54, 1.807) is 10.9 Å². The molecule has 2 aromatic rings. The van der Waals surface area contributed by atoms with Crippen LogP contribution in [-0.2, 0) is 22.7 Å². The van der Waals surface area contributed by atoms with E-state index >= 15 is 0 Å². The fourth-order valence-corrected chi connectivity index (χ4v) is 6.76. The molecule has 2 heterocycles. The molecule has 4 fully saturated rings. The summed E-state index contributed by atoms with van der Waals surface area (Å²) in [5.74, 6) is 3.45. The van der Waals surface area contributed by atoms with Crippen molar-refractivity contribution in [2.24, 2.45) is 17.8 Å². The molecule has 1 N–H and O–H groups in total. The average Bonchev–Trinajstić information content (AvgIpc) is 3.13. The van der Waals surface area contributed by atoms with Crippen LogP contribution in [0.1, 0.15) is 44.1 Å². The van der Waals surface area contributed by atoms with Gasteiger partial charge in [-0.25, -0.2) is 0 Å². The predicted octanol–water partition coefficient (Wildman–Crippen LogP) is 3.54. The van der Waals surface area contributed by atoms with Gasteiger partial charge in [0.2, 0.25) is 5.91 Å². The Labute approximate surface area is 176 Å². The number of benzene rings is 1. The number of nitrogens with one attached hydrogen (secondary N) is 1. The average molecular weight is 408 g/mol. The van der Waals surface area contributed by atoms with Gasteiger partial charge in [-0.1, -0.05) is 12.1 Å². The zero-order valence-electron chi connectivity index (χ0n) is 17.3. The largest absolute Gasteiger partial charge is 0.488 e. The van der Waals surface area contributed by atoms with Gasteiger partial charge in [-0.2, -0.15) is 5.10 Å². The molecule has 1 aromatic carbocycles. The van der Waals surface area contributed by atoms with Gasteiger partial charge in [0.1, 0.15) is 18.9 Å². The maximum atomic E-state index is 12.6. The molecular formula is C24H29N3O3. The minimum atomic E-state index is -0.0287. The lowest BCUT2D eigenvalue weighted by Gasteiger charge is -2.56. The van der Waals surface area contributed by atoms with E-state index in [0.717, 1.165) is 40.3 Å². The number of hydrogen-bond donors (Lipinski definition) is 1. The van der Waals surface area contributed by atoms with Gasteiger partial charge in [0, 0.05) is 17.7 Å². The number of rotatable bonds is 6. The van der Waals surface area contributed by atoms with Crippen LogP contribution in [0.5, 0.6) is 5.75 Å². The number of carbonyl (C=O) groups excluding carboxylic acids is 1. The van der Waals surface area contributed by atoms with Crippen molar-refractivity contribution in [3.8, 4) is 17.0 Å². The Bertz CT molecular complexity index is 931. The first-order valence-electron chi connectivity index (χ1n) is 11.3. The number of fused-ring (bicyclic) bond motifs is 3. The van der Waals surface area contributed by atoms with Crippen LogP contribution < -0.4 is 10.1 Å². The van der Waals surface area contributed by atoms with E-state index in [-0.39, 0.29) is 18.1 Å². The second kappa shape index (κ2) is 7.12. The lowest BCUT2D eigenvalue weighted by atomic mass is 9.54. The Balaban J connectivity index is 1.04. The summed E-state index contributed by atoms with van der Waals surface area (Å²) in [5, 5.41) is 7.46. The maximum absolute atomic E-state index is 12.6. The number of amides is 1. The Morgan fingerprint density at radius 1 is 1.17 bits per heavy atom. The molecule has 0 radical (unpaired) electrons. The zero-order chi connectivity index (χ0) is 20.1. The maximum Gasteiger partial charge on any atom is 0.241 e. The highest BCUT2D eigenvalue weighted by Crippen LogP contribution is 2.57. The van der Waals surface area contributed by atoms with Crippen molar-refractivity contribution in [1.29, 1.82) is 0 Å². The summed E-state index contributed by atoms with van der Waals surface area (Å²) < 4.78 is 14.0. The van der Waals surface area contributed by atoms with Gasteiger partial charge < -0.3 is 14.8 Å².